The lowest BCUT2D eigenvalue weighted by molar-refractivity contribution is -0.147. The van der Waals surface area contributed by atoms with Gasteiger partial charge in [-0.15, -0.1) is 11.3 Å². The molecule has 0 aliphatic heterocycles. The topological polar surface area (TPSA) is 92.7 Å². The Labute approximate surface area is 188 Å². The molecule has 2 aliphatic carbocycles. The van der Waals surface area contributed by atoms with E-state index in [0.717, 1.165) is 49.0 Å². The number of carboxylic acids is 1. The third-order valence-electron chi connectivity index (χ3n) is 7.42. The van der Waals surface area contributed by atoms with Crippen LogP contribution in [0.3, 0.4) is 0 Å². The van der Waals surface area contributed by atoms with Crippen LogP contribution in [0.1, 0.15) is 87.0 Å². The molecule has 172 valence electrons. The molecule has 0 bridgehead atoms. The van der Waals surface area contributed by atoms with Crippen LogP contribution in [-0.4, -0.2) is 29.6 Å². The third-order valence-corrected chi connectivity index (χ3v) is 8.59. The second kappa shape index (κ2) is 9.72. The summed E-state index contributed by atoms with van der Waals surface area (Å²) in [6.07, 6.45) is 6.55. The molecule has 3 unspecified atom stereocenters. The van der Waals surface area contributed by atoms with Gasteiger partial charge in [0.15, 0.2) is 0 Å². The summed E-state index contributed by atoms with van der Waals surface area (Å²) < 4.78 is 5.32. The fraction of sp³-hybridized carbons (Fsp3) is 0.708. The lowest BCUT2D eigenvalue weighted by Crippen LogP contribution is -2.36. The van der Waals surface area contributed by atoms with Crippen molar-refractivity contribution in [1.82, 2.24) is 0 Å². The maximum absolute atomic E-state index is 13.1. The van der Waals surface area contributed by atoms with E-state index in [1.54, 1.807) is 6.92 Å². The molecule has 7 heteroatoms. The predicted molar refractivity (Wildman–Crippen MR) is 122 cm³/mol. The van der Waals surface area contributed by atoms with E-state index in [0.29, 0.717) is 29.3 Å². The Morgan fingerprint density at radius 3 is 2.42 bits per heavy atom. The summed E-state index contributed by atoms with van der Waals surface area (Å²) >= 11 is 1.47. The SMILES string of the molecule is CCOC(=O)c1c(NC(=O)C2CCCCC2C(=O)O)sc2c1CCC(C(C)(C)CC)C2. The molecule has 1 saturated carbocycles. The number of anilines is 1. The number of carboxylic acid groups (broad SMARTS) is 1. The van der Waals surface area contributed by atoms with Gasteiger partial charge >= 0.3 is 11.9 Å². The summed E-state index contributed by atoms with van der Waals surface area (Å²) in [5.41, 5.74) is 1.69. The zero-order valence-electron chi connectivity index (χ0n) is 19.1. The van der Waals surface area contributed by atoms with Crippen molar-refractivity contribution in [3.05, 3.63) is 16.0 Å². The smallest absolute Gasteiger partial charge is 0.341 e. The largest absolute Gasteiger partial charge is 0.481 e. The van der Waals surface area contributed by atoms with Crippen LogP contribution in [-0.2, 0) is 27.2 Å². The average Bonchev–Trinajstić information content (AvgIpc) is 3.10. The molecule has 0 saturated heterocycles. The highest BCUT2D eigenvalue weighted by atomic mass is 32.1. The summed E-state index contributed by atoms with van der Waals surface area (Å²) in [6.45, 7) is 8.84. The van der Waals surface area contributed by atoms with Crippen LogP contribution in [0.15, 0.2) is 0 Å². The fourth-order valence-electron chi connectivity index (χ4n) is 4.99. The number of amides is 1. The number of rotatable bonds is 7. The monoisotopic (exact) mass is 449 g/mol. The van der Waals surface area contributed by atoms with Crippen molar-refractivity contribution in [3.63, 3.8) is 0 Å². The van der Waals surface area contributed by atoms with Crippen LogP contribution in [0.25, 0.3) is 0 Å². The minimum Gasteiger partial charge on any atom is -0.481 e. The standard InChI is InChI=1S/C24H35NO5S/c1-5-24(3,4)14-11-12-17-18(13-14)31-21(19(17)23(29)30-6-2)25-20(26)15-9-7-8-10-16(15)22(27)28/h14-16H,5-13H2,1-4H3,(H,25,26)(H,27,28). The zero-order valence-corrected chi connectivity index (χ0v) is 19.9. The zero-order chi connectivity index (χ0) is 22.8. The van der Waals surface area contributed by atoms with Crippen molar-refractivity contribution in [2.24, 2.45) is 23.2 Å². The van der Waals surface area contributed by atoms with Gasteiger partial charge in [-0.25, -0.2) is 4.79 Å². The predicted octanol–water partition coefficient (Wildman–Crippen LogP) is 5.30. The van der Waals surface area contributed by atoms with Crippen LogP contribution < -0.4 is 5.32 Å². The highest BCUT2D eigenvalue weighted by Gasteiger charge is 2.38. The summed E-state index contributed by atoms with van der Waals surface area (Å²) in [4.78, 5) is 38.7. The molecule has 0 spiro atoms. The van der Waals surface area contributed by atoms with E-state index in [1.807, 2.05) is 0 Å². The van der Waals surface area contributed by atoms with E-state index in [1.165, 1.54) is 11.3 Å². The normalized spacial score (nSPS) is 23.7. The number of aliphatic carboxylic acids is 1. The van der Waals surface area contributed by atoms with E-state index >= 15 is 0 Å². The van der Waals surface area contributed by atoms with Crippen molar-refractivity contribution < 1.29 is 24.2 Å². The van der Waals surface area contributed by atoms with E-state index < -0.39 is 23.8 Å². The van der Waals surface area contributed by atoms with Crippen LogP contribution >= 0.6 is 11.3 Å². The highest BCUT2D eigenvalue weighted by Crippen LogP contribution is 2.46. The van der Waals surface area contributed by atoms with Gasteiger partial charge in [-0.2, -0.15) is 0 Å². The van der Waals surface area contributed by atoms with Gasteiger partial charge in [0.1, 0.15) is 5.00 Å². The molecule has 0 radical (unpaired) electrons. The van der Waals surface area contributed by atoms with Crippen LogP contribution in [0.5, 0.6) is 0 Å². The Bertz CT molecular complexity index is 843. The lowest BCUT2D eigenvalue weighted by Gasteiger charge is -2.36. The van der Waals surface area contributed by atoms with Gasteiger partial charge in [0.05, 0.1) is 24.0 Å². The van der Waals surface area contributed by atoms with Gasteiger partial charge in [0.2, 0.25) is 5.91 Å². The first-order valence-corrected chi connectivity index (χ1v) is 12.4. The minimum absolute atomic E-state index is 0.214. The van der Waals surface area contributed by atoms with Gasteiger partial charge in [-0.05, 0) is 55.9 Å². The number of fused-ring (bicyclic) bond motifs is 1. The van der Waals surface area contributed by atoms with Gasteiger partial charge < -0.3 is 15.2 Å². The molecule has 1 fully saturated rings. The Kier molecular flexibility index (Phi) is 7.45. The molecular weight excluding hydrogens is 414 g/mol. The molecule has 1 heterocycles. The van der Waals surface area contributed by atoms with Gasteiger partial charge in [-0.3, -0.25) is 9.59 Å². The van der Waals surface area contributed by atoms with E-state index in [-0.39, 0.29) is 17.9 Å². The summed E-state index contributed by atoms with van der Waals surface area (Å²) in [6, 6.07) is 0. The first-order valence-electron chi connectivity index (χ1n) is 11.5. The number of carbonyl (C=O) groups is 3. The van der Waals surface area contributed by atoms with Crippen molar-refractivity contribution in [1.29, 1.82) is 0 Å². The number of hydrogen-bond acceptors (Lipinski definition) is 5. The van der Waals surface area contributed by atoms with Crippen LogP contribution in [0.4, 0.5) is 5.00 Å². The van der Waals surface area contributed by atoms with Crippen molar-refractivity contribution in [2.45, 2.75) is 79.1 Å². The average molecular weight is 450 g/mol. The molecule has 1 amide bonds. The molecule has 31 heavy (non-hydrogen) atoms. The van der Waals surface area contributed by atoms with Crippen LogP contribution in [0.2, 0.25) is 0 Å². The quantitative estimate of drug-likeness (QED) is 0.551. The number of hydrogen-bond donors (Lipinski definition) is 2. The van der Waals surface area contributed by atoms with Crippen molar-refractivity contribution in [3.8, 4) is 0 Å². The third kappa shape index (κ3) is 4.97. The van der Waals surface area contributed by atoms with Crippen molar-refractivity contribution in [2.75, 3.05) is 11.9 Å². The van der Waals surface area contributed by atoms with Gasteiger partial charge in [0, 0.05) is 4.88 Å². The van der Waals surface area contributed by atoms with E-state index in [4.69, 9.17) is 4.74 Å². The molecule has 6 nitrogen and oxygen atoms in total. The summed E-state index contributed by atoms with van der Waals surface area (Å²) in [7, 11) is 0. The first kappa shape index (κ1) is 23.8. The summed E-state index contributed by atoms with van der Waals surface area (Å²) in [5.74, 6) is -2.31. The second-order valence-electron chi connectivity index (χ2n) is 9.54. The maximum atomic E-state index is 13.1. The van der Waals surface area contributed by atoms with Gasteiger partial charge in [0.25, 0.3) is 0 Å². The molecule has 3 rings (SSSR count). The minimum atomic E-state index is -0.916. The molecule has 1 aromatic heterocycles. The number of carbonyl (C=O) groups excluding carboxylic acids is 2. The number of ether oxygens (including phenoxy) is 1. The Morgan fingerprint density at radius 2 is 1.81 bits per heavy atom. The summed E-state index contributed by atoms with van der Waals surface area (Å²) in [5, 5.41) is 13.0. The maximum Gasteiger partial charge on any atom is 0.341 e. The van der Waals surface area contributed by atoms with Crippen molar-refractivity contribution >= 4 is 34.2 Å². The molecule has 2 aliphatic rings. The Balaban J connectivity index is 1.90. The number of nitrogens with one attached hydrogen (secondary N) is 1. The highest BCUT2D eigenvalue weighted by molar-refractivity contribution is 7.17. The Morgan fingerprint density at radius 1 is 1.13 bits per heavy atom. The van der Waals surface area contributed by atoms with Gasteiger partial charge in [-0.1, -0.05) is 40.0 Å². The van der Waals surface area contributed by atoms with Crippen LogP contribution in [0, 0.1) is 23.2 Å². The molecular formula is C24H35NO5S. The Hall–Kier alpha value is -1.89. The molecule has 1 aromatic rings. The van der Waals surface area contributed by atoms with E-state index in [9.17, 15) is 19.5 Å². The molecule has 2 N–H and O–H groups in total. The molecule has 0 aromatic carbocycles. The number of esters is 1. The lowest BCUT2D eigenvalue weighted by atomic mass is 9.69. The van der Waals surface area contributed by atoms with E-state index in [2.05, 4.69) is 26.1 Å². The number of thiophene rings is 1. The molecule has 3 atom stereocenters. The second-order valence-corrected chi connectivity index (χ2v) is 10.6. The first-order chi connectivity index (χ1) is 14.7. The fourth-order valence-corrected chi connectivity index (χ4v) is 6.31.